The van der Waals surface area contributed by atoms with Crippen molar-refractivity contribution in [1.29, 1.82) is 0 Å². The van der Waals surface area contributed by atoms with Crippen LogP contribution in [0.1, 0.15) is 39.0 Å². The first-order valence-corrected chi connectivity index (χ1v) is 6.90. The molecule has 0 spiro atoms. The Morgan fingerprint density at radius 2 is 2.15 bits per heavy atom. The van der Waals surface area contributed by atoms with Crippen LogP contribution in [0.15, 0.2) is 12.4 Å². The Labute approximate surface area is 117 Å². The number of nitrogens with one attached hydrogen (secondary N) is 1. The number of aliphatic carboxylic acids is 1. The van der Waals surface area contributed by atoms with Crippen molar-refractivity contribution in [2.45, 2.75) is 51.1 Å². The molecule has 0 bridgehead atoms. The van der Waals surface area contributed by atoms with Crippen LogP contribution in [-0.2, 0) is 16.1 Å². The number of aromatic nitrogens is 3. The second-order valence-electron chi connectivity index (χ2n) is 5.53. The zero-order valence-corrected chi connectivity index (χ0v) is 11.6. The molecule has 2 N–H and O–H groups in total. The third-order valence-corrected chi connectivity index (χ3v) is 3.96. The van der Waals surface area contributed by atoms with E-state index >= 15 is 0 Å². The van der Waals surface area contributed by atoms with E-state index in [0.717, 1.165) is 12.8 Å². The van der Waals surface area contributed by atoms with Crippen molar-refractivity contribution in [2.24, 2.45) is 5.92 Å². The highest BCUT2D eigenvalue weighted by Gasteiger charge is 2.42. The lowest BCUT2D eigenvalue weighted by atomic mass is 9.77. The van der Waals surface area contributed by atoms with Gasteiger partial charge in [0.15, 0.2) is 0 Å². The summed E-state index contributed by atoms with van der Waals surface area (Å²) < 4.78 is 1.55. The van der Waals surface area contributed by atoms with Gasteiger partial charge in [-0.1, -0.05) is 12.1 Å². The Bertz CT molecular complexity index is 464. The Hall–Kier alpha value is -1.92. The number of aryl methyl sites for hydroxylation is 1. The van der Waals surface area contributed by atoms with Gasteiger partial charge in [-0.05, 0) is 31.6 Å². The van der Waals surface area contributed by atoms with Crippen molar-refractivity contribution in [3.05, 3.63) is 12.4 Å². The maximum atomic E-state index is 12.0. The molecule has 1 heterocycles. The summed E-state index contributed by atoms with van der Waals surface area (Å²) in [6.45, 7) is 2.51. The number of carbonyl (C=O) groups is 2. The summed E-state index contributed by atoms with van der Waals surface area (Å²) in [5, 5.41) is 19.6. The van der Waals surface area contributed by atoms with Crippen LogP contribution in [0, 0.1) is 5.92 Å². The molecule has 0 aromatic carbocycles. The molecule has 0 saturated heterocycles. The van der Waals surface area contributed by atoms with Crippen LogP contribution < -0.4 is 5.32 Å². The molecule has 1 aromatic heterocycles. The Kier molecular flexibility index (Phi) is 4.36. The van der Waals surface area contributed by atoms with Crippen LogP contribution in [0.25, 0.3) is 0 Å². The van der Waals surface area contributed by atoms with Gasteiger partial charge in [-0.25, -0.2) is 4.79 Å². The maximum Gasteiger partial charge on any atom is 0.329 e. The van der Waals surface area contributed by atoms with Crippen molar-refractivity contribution < 1.29 is 14.7 Å². The standard InChI is InChI=1S/C13H20N4O3/c1-10-2-5-13(6-3-10,12(19)20)15-11(18)4-8-17-9-7-14-16-17/h7,9-10H,2-6,8H2,1H3,(H,15,18)(H,19,20). The second kappa shape index (κ2) is 6.02. The van der Waals surface area contributed by atoms with Crippen LogP contribution in [0.3, 0.4) is 0 Å². The molecule has 0 radical (unpaired) electrons. The molecule has 2 rings (SSSR count). The molecule has 0 atom stereocenters. The lowest BCUT2D eigenvalue weighted by molar-refractivity contribution is -0.149. The highest BCUT2D eigenvalue weighted by atomic mass is 16.4. The van der Waals surface area contributed by atoms with Crippen molar-refractivity contribution in [3.8, 4) is 0 Å². The predicted octanol–water partition coefficient (Wildman–Crippen LogP) is 0.818. The van der Waals surface area contributed by atoms with Crippen LogP contribution in [0.4, 0.5) is 0 Å². The van der Waals surface area contributed by atoms with Gasteiger partial charge < -0.3 is 10.4 Å². The zero-order chi connectivity index (χ0) is 14.6. The van der Waals surface area contributed by atoms with Crippen LogP contribution in [0.2, 0.25) is 0 Å². The number of nitrogens with zero attached hydrogens (tertiary/aromatic N) is 3. The molecule has 20 heavy (non-hydrogen) atoms. The molecule has 1 amide bonds. The molecule has 0 aliphatic heterocycles. The summed E-state index contributed by atoms with van der Waals surface area (Å²) in [5.41, 5.74) is -1.09. The fraction of sp³-hybridized carbons (Fsp3) is 0.692. The number of carboxylic acids is 1. The zero-order valence-electron chi connectivity index (χ0n) is 11.6. The van der Waals surface area contributed by atoms with Crippen molar-refractivity contribution in [3.63, 3.8) is 0 Å². The number of amides is 1. The van der Waals surface area contributed by atoms with E-state index in [2.05, 4.69) is 22.6 Å². The number of carbonyl (C=O) groups excluding carboxylic acids is 1. The van der Waals surface area contributed by atoms with Crippen LogP contribution >= 0.6 is 0 Å². The maximum absolute atomic E-state index is 12.0. The van der Waals surface area contributed by atoms with Crippen molar-refractivity contribution in [2.75, 3.05) is 0 Å². The molecular weight excluding hydrogens is 260 g/mol. The van der Waals surface area contributed by atoms with E-state index in [9.17, 15) is 14.7 Å². The van der Waals surface area contributed by atoms with Gasteiger partial charge in [0.05, 0.1) is 12.7 Å². The average molecular weight is 280 g/mol. The first-order chi connectivity index (χ1) is 9.52. The van der Waals surface area contributed by atoms with Gasteiger partial charge in [-0.2, -0.15) is 0 Å². The smallest absolute Gasteiger partial charge is 0.329 e. The second-order valence-corrected chi connectivity index (χ2v) is 5.53. The first kappa shape index (κ1) is 14.5. The van der Waals surface area contributed by atoms with Gasteiger partial charge in [-0.3, -0.25) is 9.48 Å². The molecule has 1 saturated carbocycles. The summed E-state index contributed by atoms with van der Waals surface area (Å²) in [6, 6.07) is 0. The van der Waals surface area contributed by atoms with E-state index in [-0.39, 0.29) is 12.3 Å². The molecule has 1 fully saturated rings. The van der Waals surface area contributed by atoms with Crippen molar-refractivity contribution >= 4 is 11.9 Å². The van der Waals surface area contributed by atoms with E-state index in [1.165, 1.54) is 0 Å². The minimum Gasteiger partial charge on any atom is -0.480 e. The van der Waals surface area contributed by atoms with E-state index in [4.69, 9.17) is 0 Å². The quantitative estimate of drug-likeness (QED) is 0.832. The third-order valence-electron chi connectivity index (χ3n) is 3.96. The van der Waals surface area contributed by atoms with Gasteiger partial charge in [0, 0.05) is 12.6 Å². The Balaban J connectivity index is 1.91. The fourth-order valence-corrected chi connectivity index (χ4v) is 2.54. The van der Waals surface area contributed by atoms with Gasteiger partial charge in [0.1, 0.15) is 5.54 Å². The number of rotatable bonds is 5. The highest BCUT2D eigenvalue weighted by molar-refractivity contribution is 5.87. The molecule has 7 heteroatoms. The average Bonchev–Trinajstić information content (AvgIpc) is 2.92. The number of carboxylic acid groups (broad SMARTS) is 1. The van der Waals surface area contributed by atoms with Crippen LogP contribution in [0.5, 0.6) is 0 Å². The molecule has 7 nitrogen and oxygen atoms in total. The van der Waals surface area contributed by atoms with Crippen LogP contribution in [-0.4, -0.2) is 37.5 Å². The summed E-state index contributed by atoms with van der Waals surface area (Å²) >= 11 is 0. The SMILES string of the molecule is CC1CCC(NC(=O)CCn2ccnn2)(C(=O)O)CC1. The van der Waals surface area contributed by atoms with Crippen molar-refractivity contribution in [1.82, 2.24) is 20.3 Å². The topological polar surface area (TPSA) is 97.1 Å². The van der Waals surface area contributed by atoms with Gasteiger partial charge in [-0.15, -0.1) is 5.10 Å². The Morgan fingerprint density at radius 1 is 1.45 bits per heavy atom. The lowest BCUT2D eigenvalue weighted by Crippen LogP contribution is -2.56. The van der Waals surface area contributed by atoms with Gasteiger partial charge in [0.2, 0.25) is 5.91 Å². The summed E-state index contributed by atoms with van der Waals surface area (Å²) in [5.74, 6) is -0.662. The van der Waals surface area contributed by atoms with Gasteiger partial charge >= 0.3 is 5.97 Å². The van der Waals surface area contributed by atoms with E-state index < -0.39 is 11.5 Å². The molecule has 1 aliphatic carbocycles. The number of hydrogen-bond donors (Lipinski definition) is 2. The lowest BCUT2D eigenvalue weighted by Gasteiger charge is -2.36. The molecule has 1 aliphatic rings. The summed E-state index contributed by atoms with van der Waals surface area (Å²) in [4.78, 5) is 23.5. The van der Waals surface area contributed by atoms with E-state index in [1.54, 1.807) is 17.1 Å². The molecular formula is C13H20N4O3. The normalized spacial score (nSPS) is 26.1. The molecule has 1 aromatic rings. The highest BCUT2D eigenvalue weighted by Crippen LogP contribution is 2.32. The molecule has 110 valence electrons. The minimum absolute atomic E-state index is 0.202. The third kappa shape index (κ3) is 3.34. The van der Waals surface area contributed by atoms with Gasteiger partial charge in [0.25, 0.3) is 0 Å². The fourth-order valence-electron chi connectivity index (χ4n) is 2.54. The predicted molar refractivity (Wildman–Crippen MR) is 70.8 cm³/mol. The first-order valence-electron chi connectivity index (χ1n) is 6.90. The summed E-state index contributed by atoms with van der Waals surface area (Å²) in [6.07, 6.45) is 6.07. The van der Waals surface area contributed by atoms with E-state index in [0.29, 0.717) is 25.3 Å². The van der Waals surface area contributed by atoms with E-state index in [1.807, 2.05) is 0 Å². The Morgan fingerprint density at radius 3 is 2.70 bits per heavy atom. The largest absolute Gasteiger partial charge is 0.480 e. The monoisotopic (exact) mass is 280 g/mol. The summed E-state index contributed by atoms with van der Waals surface area (Å²) in [7, 11) is 0. The number of hydrogen-bond acceptors (Lipinski definition) is 4. The molecule has 0 unspecified atom stereocenters. The minimum atomic E-state index is -1.09.